The molecule has 2 fully saturated rings. The lowest BCUT2D eigenvalue weighted by atomic mass is 9.96. The molecule has 1 atom stereocenters. The van der Waals surface area contributed by atoms with Crippen LogP contribution in [0.2, 0.25) is 0 Å². The molecule has 0 bridgehead atoms. The summed E-state index contributed by atoms with van der Waals surface area (Å²) in [4.78, 5) is 5.40. The molecule has 1 unspecified atom stereocenters. The zero-order valence-electron chi connectivity index (χ0n) is 14.4. The molecule has 3 heteroatoms. The molecule has 124 valence electrons. The lowest BCUT2D eigenvalue weighted by molar-refractivity contribution is 0.151. The standard InChI is InChI=1S/C18H37N3/c1-3-18(19-4-2)8-7-13-20-14-9-17(10-15-20)16-21-11-5-6-12-21/h17-19H,3-16H2,1-2H3. The quantitative estimate of drug-likeness (QED) is 0.705. The first kappa shape index (κ1) is 17.2. The van der Waals surface area contributed by atoms with E-state index in [1.807, 2.05) is 0 Å². The van der Waals surface area contributed by atoms with E-state index in [0.717, 1.165) is 18.5 Å². The molecule has 1 N–H and O–H groups in total. The minimum atomic E-state index is 0.739. The molecule has 2 rings (SSSR count). The van der Waals surface area contributed by atoms with Crippen molar-refractivity contribution in [1.29, 1.82) is 0 Å². The van der Waals surface area contributed by atoms with Crippen molar-refractivity contribution in [3.05, 3.63) is 0 Å². The maximum atomic E-state index is 3.59. The Hall–Kier alpha value is -0.120. The highest BCUT2D eigenvalue weighted by Crippen LogP contribution is 2.21. The minimum absolute atomic E-state index is 0.739. The topological polar surface area (TPSA) is 18.5 Å². The van der Waals surface area contributed by atoms with Crippen LogP contribution >= 0.6 is 0 Å². The Balaban J connectivity index is 1.54. The first-order valence-electron chi connectivity index (χ1n) is 9.50. The van der Waals surface area contributed by atoms with Gasteiger partial charge in [-0.05, 0) is 90.1 Å². The van der Waals surface area contributed by atoms with Gasteiger partial charge in [0.25, 0.3) is 0 Å². The summed E-state index contributed by atoms with van der Waals surface area (Å²) in [6, 6.07) is 0.739. The first-order valence-corrected chi connectivity index (χ1v) is 9.50. The monoisotopic (exact) mass is 295 g/mol. The van der Waals surface area contributed by atoms with Crippen LogP contribution in [0.25, 0.3) is 0 Å². The molecule has 0 spiro atoms. The lowest BCUT2D eigenvalue weighted by Crippen LogP contribution is -2.39. The molecule has 21 heavy (non-hydrogen) atoms. The molecule has 0 aromatic carbocycles. The highest BCUT2D eigenvalue weighted by molar-refractivity contribution is 4.77. The number of hydrogen-bond acceptors (Lipinski definition) is 3. The highest BCUT2D eigenvalue weighted by atomic mass is 15.2. The Morgan fingerprint density at radius 3 is 2.33 bits per heavy atom. The molecule has 0 amide bonds. The number of likely N-dealkylation sites (tertiary alicyclic amines) is 2. The second kappa shape index (κ2) is 9.81. The summed E-state index contributed by atoms with van der Waals surface area (Å²) in [5.41, 5.74) is 0. The fourth-order valence-corrected chi connectivity index (χ4v) is 4.02. The summed E-state index contributed by atoms with van der Waals surface area (Å²) in [5.74, 6) is 0.976. The molecule has 2 aliphatic heterocycles. The van der Waals surface area contributed by atoms with E-state index in [2.05, 4.69) is 29.0 Å². The van der Waals surface area contributed by atoms with Crippen LogP contribution in [-0.4, -0.2) is 61.7 Å². The van der Waals surface area contributed by atoms with Gasteiger partial charge in [0, 0.05) is 12.6 Å². The molecule has 0 aromatic rings. The van der Waals surface area contributed by atoms with E-state index in [9.17, 15) is 0 Å². The van der Waals surface area contributed by atoms with Gasteiger partial charge in [0.1, 0.15) is 0 Å². The van der Waals surface area contributed by atoms with E-state index in [0.29, 0.717) is 0 Å². The largest absolute Gasteiger partial charge is 0.314 e. The maximum Gasteiger partial charge on any atom is 0.00647 e. The van der Waals surface area contributed by atoms with E-state index in [1.54, 1.807) is 0 Å². The average Bonchev–Trinajstić information content (AvgIpc) is 3.01. The summed E-state index contributed by atoms with van der Waals surface area (Å²) in [6.45, 7) is 13.7. The van der Waals surface area contributed by atoms with Crippen molar-refractivity contribution in [2.24, 2.45) is 5.92 Å². The van der Waals surface area contributed by atoms with Gasteiger partial charge in [-0.2, -0.15) is 0 Å². The summed E-state index contributed by atoms with van der Waals surface area (Å²) in [6.07, 6.45) is 9.71. The van der Waals surface area contributed by atoms with Gasteiger partial charge >= 0.3 is 0 Å². The predicted molar refractivity (Wildman–Crippen MR) is 91.8 cm³/mol. The number of nitrogens with one attached hydrogen (secondary N) is 1. The highest BCUT2D eigenvalue weighted by Gasteiger charge is 2.22. The molecule has 2 saturated heterocycles. The Labute approximate surface area is 132 Å². The second-order valence-electron chi connectivity index (χ2n) is 7.10. The van der Waals surface area contributed by atoms with Crippen molar-refractivity contribution in [2.75, 3.05) is 45.8 Å². The van der Waals surface area contributed by atoms with Gasteiger partial charge in [-0.15, -0.1) is 0 Å². The van der Waals surface area contributed by atoms with Crippen LogP contribution in [0.4, 0.5) is 0 Å². The van der Waals surface area contributed by atoms with E-state index >= 15 is 0 Å². The van der Waals surface area contributed by atoms with Crippen molar-refractivity contribution in [2.45, 2.75) is 64.8 Å². The second-order valence-corrected chi connectivity index (χ2v) is 7.10. The van der Waals surface area contributed by atoms with E-state index in [-0.39, 0.29) is 0 Å². The third-order valence-electron chi connectivity index (χ3n) is 5.43. The number of hydrogen-bond donors (Lipinski definition) is 1. The van der Waals surface area contributed by atoms with Crippen LogP contribution in [0.5, 0.6) is 0 Å². The van der Waals surface area contributed by atoms with Crippen molar-refractivity contribution in [3.8, 4) is 0 Å². The molecular weight excluding hydrogens is 258 g/mol. The van der Waals surface area contributed by atoms with E-state index in [4.69, 9.17) is 0 Å². The normalized spacial score (nSPS) is 23.7. The average molecular weight is 296 g/mol. The zero-order chi connectivity index (χ0) is 14.9. The van der Waals surface area contributed by atoms with Gasteiger partial charge in [0.15, 0.2) is 0 Å². The van der Waals surface area contributed by atoms with Gasteiger partial charge < -0.3 is 15.1 Å². The smallest absolute Gasteiger partial charge is 0.00647 e. The van der Waals surface area contributed by atoms with Crippen LogP contribution in [-0.2, 0) is 0 Å². The fraction of sp³-hybridized carbons (Fsp3) is 1.00. The summed E-state index contributed by atoms with van der Waals surface area (Å²) in [5, 5.41) is 3.59. The van der Waals surface area contributed by atoms with Gasteiger partial charge in [-0.1, -0.05) is 13.8 Å². The minimum Gasteiger partial charge on any atom is -0.314 e. The SMILES string of the molecule is CCNC(CC)CCCN1CCC(CN2CCCC2)CC1. The maximum absolute atomic E-state index is 3.59. The van der Waals surface area contributed by atoms with E-state index in [1.165, 1.54) is 84.2 Å². The van der Waals surface area contributed by atoms with Crippen molar-refractivity contribution in [1.82, 2.24) is 15.1 Å². The third kappa shape index (κ3) is 6.25. The van der Waals surface area contributed by atoms with Gasteiger partial charge in [-0.25, -0.2) is 0 Å². The molecule has 2 aliphatic rings. The molecule has 0 radical (unpaired) electrons. The van der Waals surface area contributed by atoms with Gasteiger partial charge in [0.2, 0.25) is 0 Å². The van der Waals surface area contributed by atoms with Crippen molar-refractivity contribution >= 4 is 0 Å². The van der Waals surface area contributed by atoms with E-state index < -0.39 is 0 Å². The molecule has 0 aromatic heterocycles. The Morgan fingerprint density at radius 1 is 1.00 bits per heavy atom. The van der Waals surface area contributed by atoms with Crippen molar-refractivity contribution in [3.63, 3.8) is 0 Å². The van der Waals surface area contributed by atoms with Crippen LogP contribution < -0.4 is 5.32 Å². The summed E-state index contributed by atoms with van der Waals surface area (Å²) in [7, 11) is 0. The third-order valence-corrected chi connectivity index (χ3v) is 5.43. The number of rotatable bonds is 9. The van der Waals surface area contributed by atoms with Crippen LogP contribution in [0.3, 0.4) is 0 Å². The van der Waals surface area contributed by atoms with Crippen LogP contribution in [0.1, 0.15) is 58.8 Å². The van der Waals surface area contributed by atoms with Gasteiger partial charge in [0.05, 0.1) is 0 Å². The molecule has 0 saturated carbocycles. The van der Waals surface area contributed by atoms with Crippen molar-refractivity contribution < 1.29 is 0 Å². The zero-order valence-corrected chi connectivity index (χ0v) is 14.4. The fourth-order valence-electron chi connectivity index (χ4n) is 4.02. The lowest BCUT2D eigenvalue weighted by Gasteiger charge is -2.34. The first-order chi connectivity index (χ1) is 10.3. The van der Waals surface area contributed by atoms with Crippen LogP contribution in [0, 0.1) is 5.92 Å². The Bertz CT molecular complexity index is 255. The molecule has 3 nitrogen and oxygen atoms in total. The predicted octanol–water partition coefficient (Wildman–Crippen LogP) is 2.96. The summed E-state index contributed by atoms with van der Waals surface area (Å²) >= 11 is 0. The van der Waals surface area contributed by atoms with Gasteiger partial charge in [-0.3, -0.25) is 0 Å². The Kier molecular flexibility index (Phi) is 8.05. The van der Waals surface area contributed by atoms with Crippen LogP contribution in [0.15, 0.2) is 0 Å². The number of nitrogens with zero attached hydrogens (tertiary/aromatic N) is 2. The molecular formula is C18H37N3. The molecule has 2 heterocycles. The number of piperidine rings is 1. The Morgan fingerprint density at radius 2 is 1.71 bits per heavy atom. The molecule has 0 aliphatic carbocycles. The summed E-state index contributed by atoms with van der Waals surface area (Å²) < 4.78 is 0.